The van der Waals surface area contributed by atoms with Crippen LogP contribution in [0.3, 0.4) is 0 Å². The minimum atomic E-state index is -0.271. The first-order valence-electron chi connectivity index (χ1n) is 53.2. The van der Waals surface area contributed by atoms with E-state index in [1.54, 1.807) is 12.1 Å². The van der Waals surface area contributed by atoms with Crippen molar-refractivity contribution in [2.75, 3.05) is 0 Å². The third-order valence-corrected chi connectivity index (χ3v) is 27.4. The number of halogens is 1. The molecule has 0 spiro atoms. The van der Waals surface area contributed by atoms with Crippen molar-refractivity contribution in [3.05, 3.63) is 359 Å². The number of unbranched alkanes of at least 4 members (excludes halogenated alkanes) is 12. The number of hydrogen-bond donors (Lipinski definition) is 0. The van der Waals surface area contributed by atoms with E-state index in [9.17, 15) is 4.39 Å². The first-order valence-corrected chi connectivity index (χ1v) is 53.2. The van der Waals surface area contributed by atoms with E-state index in [-0.39, 0.29) is 106 Å². The normalized spacial score (nSPS) is 10.9. The van der Waals surface area contributed by atoms with E-state index in [1.807, 2.05) is 79.8 Å². The van der Waals surface area contributed by atoms with Gasteiger partial charge in [0.05, 0.1) is 41.2 Å². The maximum Gasteiger partial charge on any atom is 0.137 e. The van der Waals surface area contributed by atoms with Crippen molar-refractivity contribution in [3.63, 3.8) is 0 Å². The molecule has 0 saturated heterocycles. The van der Waals surface area contributed by atoms with Crippen LogP contribution in [0.5, 0.6) is 0 Å². The summed E-state index contributed by atoms with van der Waals surface area (Å²) in [5.41, 5.74) is 41.6. The number of hydrogen-bond acceptors (Lipinski definition) is 7. The summed E-state index contributed by atoms with van der Waals surface area (Å²) in [6, 6.07) is 69.0. The Labute approximate surface area is 958 Å². The maximum absolute atomic E-state index is 14.3. The second-order valence-electron chi connectivity index (χ2n) is 40.7. The minimum Gasteiger partial charge on any atom is -0.357 e. The number of pyridine rings is 2. The van der Waals surface area contributed by atoms with E-state index < -0.39 is 0 Å². The average Bonchev–Trinajstić information content (AvgIpc) is 1.61. The molecule has 0 amide bonds. The van der Waals surface area contributed by atoms with Crippen molar-refractivity contribution in [1.29, 1.82) is 0 Å². The molecule has 7 heterocycles. The molecule has 0 atom stereocenters. The van der Waals surface area contributed by atoms with Gasteiger partial charge >= 0.3 is 0 Å². The standard InChI is InChI=1S/C30H30FN2.C29H40N3.C25H32N3.C23H24N3.C23H27N2.5Ir/c1-5-6-7-8-9-24-18-32-30-25-12-11-23(31)17-26(25)27-16-22(10-13-28(27)33(24)30)29-20(3)14-19(2)15-21(29)4;1-7-8-9-10-11-12-13-25-17-22(4)28(23(5)18-25)32-27(16-21(2)3)20-31-29(32)26-15-14-24(6)30-19-26;1-6-8-11-21-13-10-14-23(17-21)25-26-20(5)27-28(25)24-18(3)15-22(12-9-7-2)16-19(24)4;1-6-7-11-21-15-25-23(19-9-8-10-20(14-19)24-5)26(21)22-17(3)12-16(2)13-18(22)4;1-6-7-11-21-15-24-23(20-10-8-9-16(2)14-20)25(21)22-18(4)12-17(3)13-19(22)5;;;;;/h10-11,13-18H,5-9H2,1-4H3;14,17-21H,7-13,16H2,1-6H3;10,13,15-17H,6-9,11-12H2,1-5H3;8,10,12-15H,6-7,11H2,1-4H3;8-9,12-15H,6-7,11H2,1-5H3;;;;;/q5*-1;;;;;. The first-order chi connectivity index (χ1) is 69.5. The molecule has 0 aliphatic heterocycles. The molecule has 795 valence electrons. The number of benzene rings is 10. The maximum atomic E-state index is 14.3. The fourth-order valence-electron chi connectivity index (χ4n) is 20.9. The van der Waals surface area contributed by atoms with Gasteiger partial charge in [0, 0.05) is 176 Å². The van der Waals surface area contributed by atoms with Gasteiger partial charge in [-0.05, 0) is 275 Å². The van der Waals surface area contributed by atoms with Crippen molar-refractivity contribution >= 4 is 33.0 Å². The Morgan fingerprint density at radius 3 is 1.30 bits per heavy atom. The van der Waals surface area contributed by atoms with E-state index in [1.165, 1.54) is 249 Å². The van der Waals surface area contributed by atoms with Gasteiger partial charge in [-0.1, -0.05) is 265 Å². The van der Waals surface area contributed by atoms with Crippen LogP contribution in [0.2, 0.25) is 0 Å². The fourth-order valence-corrected chi connectivity index (χ4v) is 20.9. The molecule has 0 aliphatic rings. The zero-order valence-electron chi connectivity index (χ0n) is 92.4. The van der Waals surface area contributed by atoms with Crippen molar-refractivity contribution < 1.29 is 105 Å². The van der Waals surface area contributed by atoms with Crippen LogP contribution in [0.25, 0.3) is 112 Å². The Morgan fingerprint density at radius 2 is 0.779 bits per heavy atom. The summed E-state index contributed by atoms with van der Waals surface area (Å²) in [6.07, 6.45) is 39.7. The smallest absolute Gasteiger partial charge is 0.137 e. The number of fused-ring (bicyclic) bond motifs is 6. The SMILES string of the molecule is CCCCCCCCc1cc(C)c(-n2c(CC(C)C)cnc2-c2[c-]cc(C)nc2)c(C)c1.CCCCCCc1cnc2c3[c-]cc(F)cc3c3cc(-c4c(C)cc(C)cc4C)ccc3n12.CCCCc1cc[c-]c(-c2nc(C)nn2-c2c(C)cc(CCCC)cc2C)c1.CCCCc1cnc(-c2[c-]ccc(C)c2)n1-c1c(C)cc(C)cc1C.[C-]#[N+]c1cc[c-]c(-c2ncc(CCCC)n2-c2c(C)cc(C)cc2C)c1.[Ir].[Ir].[Ir].[Ir].[Ir]. The Kier molecular flexibility index (Phi) is 49.9. The summed E-state index contributed by atoms with van der Waals surface area (Å²) in [6.45, 7) is 59.6. The summed E-state index contributed by atoms with van der Waals surface area (Å²) in [4.78, 5) is 31.9. The predicted octanol–water partition coefficient (Wildman–Crippen LogP) is 34.5. The van der Waals surface area contributed by atoms with Crippen molar-refractivity contribution in [2.45, 2.75) is 327 Å². The van der Waals surface area contributed by atoms with Crippen LogP contribution in [0.1, 0.15) is 300 Å². The molecule has 0 aliphatic carbocycles. The van der Waals surface area contributed by atoms with Crippen LogP contribution in [0, 0.1) is 159 Å². The molecule has 10 aromatic carbocycles. The molecule has 17 aromatic rings. The number of imidazole rings is 4. The van der Waals surface area contributed by atoms with E-state index >= 15 is 0 Å². The van der Waals surface area contributed by atoms with Crippen LogP contribution >= 0.6 is 0 Å². The average molecular weight is 2880 g/mol. The number of aryl methyl sites for hydroxylation is 22. The third kappa shape index (κ3) is 31.6. The molecule has 5 radical (unpaired) electrons. The van der Waals surface area contributed by atoms with Gasteiger partial charge in [0.1, 0.15) is 11.5 Å². The fraction of sp³-hybridized carbons (Fsp3) is 0.385. The number of aromatic nitrogens is 12. The molecule has 17 rings (SSSR count). The molecular formula is C130H153FIr5N13-5. The van der Waals surface area contributed by atoms with Gasteiger partial charge in [0.15, 0.2) is 0 Å². The summed E-state index contributed by atoms with van der Waals surface area (Å²) in [5.74, 6) is 4.74. The molecule has 149 heavy (non-hydrogen) atoms. The van der Waals surface area contributed by atoms with E-state index in [2.05, 4.69) is 314 Å². The first kappa shape index (κ1) is 124. The van der Waals surface area contributed by atoms with Crippen LogP contribution in [-0.4, -0.2) is 57.8 Å². The quantitative estimate of drug-likeness (QED) is 0.0220. The van der Waals surface area contributed by atoms with Gasteiger partial charge in [-0.25, -0.2) is 0 Å². The Balaban J connectivity index is 0.000000226. The number of rotatable bonds is 35. The van der Waals surface area contributed by atoms with E-state index in [0.29, 0.717) is 11.6 Å². The van der Waals surface area contributed by atoms with Gasteiger partial charge in [0.25, 0.3) is 0 Å². The predicted molar refractivity (Wildman–Crippen MR) is 601 cm³/mol. The van der Waals surface area contributed by atoms with Crippen LogP contribution in [0.4, 0.5) is 10.1 Å². The zero-order chi connectivity index (χ0) is 103. The molecule has 0 saturated carbocycles. The van der Waals surface area contributed by atoms with E-state index in [4.69, 9.17) is 36.6 Å². The molecule has 0 N–H and O–H groups in total. The summed E-state index contributed by atoms with van der Waals surface area (Å²) >= 11 is 0. The molecule has 0 bridgehead atoms. The van der Waals surface area contributed by atoms with Gasteiger partial charge in [-0.3, -0.25) is 38.8 Å². The van der Waals surface area contributed by atoms with Crippen LogP contribution < -0.4 is 0 Å². The topological polar surface area (TPSA) is 119 Å². The van der Waals surface area contributed by atoms with Crippen LogP contribution in [0.15, 0.2) is 183 Å². The Morgan fingerprint density at radius 1 is 0.349 bits per heavy atom. The second-order valence-corrected chi connectivity index (χ2v) is 40.7. The molecule has 19 heteroatoms. The molecular weight excluding hydrogens is 2720 g/mol. The minimum absolute atomic E-state index is 0. The molecule has 0 unspecified atom stereocenters. The number of nitrogens with zero attached hydrogens (tertiary/aromatic N) is 13. The third-order valence-electron chi connectivity index (χ3n) is 27.4. The van der Waals surface area contributed by atoms with Crippen LogP contribution in [-0.2, 0) is 145 Å². The van der Waals surface area contributed by atoms with Crippen molar-refractivity contribution in [2.24, 2.45) is 5.92 Å². The summed E-state index contributed by atoms with van der Waals surface area (Å²) in [5, 5.41) is 7.53. The largest absolute Gasteiger partial charge is 0.357 e. The molecule has 7 aromatic heterocycles. The van der Waals surface area contributed by atoms with Crippen molar-refractivity contribution in [1.82, 2.24) is 57.8 Å². The Hall–Kier alpha value is -10.0. The van der Waals surface area contributed by atoms with Gasteiger partial charge < -0.3 is 23.1 Å². The molecule has 13 nitrogen and oxygen atoms in total. The van der Waals surface area contributed by atoms with Gasteiger partial charge in [0.2, 0.25) is 0 Å². The Bertz CT molecular complexity index is 7180. The van der Waals surface area contributed by atoms with E-state index in [0.717, 1.165) is 153 Å². The van der Waals surface area contributed by atoms with Crippen molar-refractivity contribution in [3.8, 4) is 79.4 Å². The van der Waals surface area contributed by atoms with Gasteiger partial charge in [-0.2, -0.15) is 11.2 Å². The second kappa shape index (κ2) is 59.9. The summed E-state index contributed by atoms with van der Waals surface area (Å²) in [7, 11) is 0. The monoisotopic (exact) mass is 2880 g/mol. The van der Waals surface area contributed by atoms with Gasteiger partial charge in [-0.15, -0.1) is 125 Å². The zero-order valence-corrected chi connectivity index (χ0v) is 104. The summed E-state index contributed by atoms with van der Waals surface area (Å²) < 4.78 is 25.6. The molecule has 0 fully saturated rings.